The number of hydrogen-bond donors (Lipinski definition) is 9. The lowest BCUT2D eigenvalue weighted by Crippen LogP contribution is -2.61. The minimum Gasteiger partial charge on any atom is -0.508 e. The van der Waals surface area contributed by atoms with Crippen LogP contribution in [0.1, 0.15) is 6.92 Å². The number of aliphatic hydroxyl groups is 6. The highest BCUT2D eigenvalue weighted by molar-refractivity contribution is 5.88. The summed E-state index contributed by atoms with van der Waals surface area (Å²) in [6.45, 7) is 0.866. The van der Waals surface area contributed by atoms with E-state index in [-0.39, 0.29) is 28.0 Å². The van der Waals surface area contributed by atoms with Crippen LogP contribution in [-0.4, -0.2) is 114 Å². The molecule has 15 nitrogen and oxygen atoms in total. The second kappa shape index (κ2) is 11.6. The summed E-state index contributed by atoms with van der Waals surface area (Å²) in [5.41, 5.74) is -0.956. The summed E-state index contributed by atoms with van der Waals surface area (Å²) < 4.78 is 28.0. The number of aliphatic hydroxyl groups excluding tert-OH is 6. The second-order valence-electron chi connectivity index (χ2n) is 10.1. The molecule has 2 aromatic carbocycles. The standard InChI is InChI=1S/C27H30O15/c1-9-17(31)20(34)22(36)26(39-9)38-8-15-18(32)21(35)23(37)27(41-15)42-25-19(33)16-13(30)6-12(29)7-14(16)40-24(25)10-2-4-11(28)5-3-10/h2-7,9,15,17-18,20-23,26-32,34-37H,8H2,1H3/t9-,15-,17-,18+,20+,21+,22+,23-,26+,27-/m0/s1. The van der Waals surface area contributed by atoms with Crippen molar-refractivity contribution in [2.45, 2.75) is 68.3 Å². The molecule has 15 heteroatoms. The minimum atomic E-state index is -1.92. The molecule has 1 aromatic heterocycles. The van der Waals surface area contributed by atoms with Crippen LogP contribution in [0.25, 0.3) is 22.3 Å². The van der Waals surface area contributed by atoms with Crippen molar-refractivity contribution in [2.75, 3.05) is 6.61 Å². The highest BCUT2D eigenvalue weighted by atomic mass is 16.7. The molecule has 0 amide bonds. The van der Waals surface area contributed by atoms with Gasteiger partial charge in [-0.15, -0.1) is 0 Å². The van der Waals surface area contributed by atoms with E-state index in [9.17, 15) is 50.8 Å². The van der Waals surface area contributed by atoms with E-state index in [4.69, 9.17) is 23.4 Å². The van der Waals surface area contributed by atoms with Gasteiger partial charge in [0.15, 0.2) is 12.1 Å². The number of ether oxygens (including phenoxy) is 4. The lowest BCUT2D eigenvalue weighted by atomic mass is 9.98. The number of aromatic hydroxyl groups is 3. The molecule has 5 rings (SSSR count). The zero-order valence-electron chi connectivity index (χ0n) is 21.9. The van der Waals surface area contributed by atoms with Crippen LogP contribution in [0.15, 0.2) is 45.6 Å². The van der Waals surface area contributed by atoms with Gasteiger partial charge in [-0.1, -0.05) is 0 Å². The fraction of sp³-hybridized carbons (Fsp3) is 0.444. The predicted molar refractivity (Wildman–Crippen MR) is 139 cm³/mol. The van der Waals surface area contributed by atoms with E-state index in [1.54, 1.807) is 0 Å². The molecular formula is C27H30O15. The van der Waals surface area contributed by atoms with Gasteiger partial charge in [0.2, 0.25) is 17.5 Å². The van der Waals surface area contributed by atoms with Crippen LogP contribution >= 0.6 is 0 Å². The van der Waals surface area contributed by atoms with Gasteiger partial charge in [0.25, 0.3) is 0 Å². The highest BCUT2D eigenvalue weighted by Crippen LogP contribution is 2.37. The van der Waals surface area contributed by atoms with Gasteiger partial charge in [-0.25, -0.2) is 0 Å². The maximum absolute atomic E-state index is 13.5. The van der Waals surface area contributed by atoms with Crippen LogP contribution in [0.2, 0.25) is 0 Å². The van der Waals surface area contributed by atoms with Gasteiger partial charge in [0, 0.05) is 17.7 Å². The van der Waals surface area contributed by atoms with E-state index in [0.717, 1.165) is 12.1 Å². The van der Waals surface area contributed by atoms with Crippen LogP contribution < -0.4 is 10.2 Å². The molecule has 10 atom stereocenters. The molecule has 2 fully saturated rings. The van der Waals surface area contributed by atoms with Gasteiger partial charge in [0.05, 0.1) is 12.7 Å². The molecule has 228 valence electrons. The summed E-state index contributed by atoms with van der Waals surface area (Å²) in [5.74, 6) is -1.97. The van der Waals surface area contributed by atoms with Crippen molar-refractivity contribution >= 4 is 11.0 Å². The first-order valence-electron chi connectivity index (χ1n) is 12.9. The first-order chi connectivity index (χ1) is 19.9. The highest BCUT2D eigenvalue weighted by Gasteiger charge is 2.47. The molecule has 2 saturated heterocycles. The predicted octanol–water partition coefficient (Wildman–Crippen LogP) is -1.39. The molecule has 9 N–H and O–H groups in total. The number of benzene rings is 2. The summed E-state index contributed by atoms with van der Waals surface area (Å²) >= 11 is 0. The van der Waals surface area contributed by atoms with Crippen LogP contribution in [0, 0.1) is 0 Å². The number of hydrogen-bond acceptors (Lipinski definition) is 15. The molecule has 0 radical (unpaired) electrons. The fourth-order valence-corrected chi connectivity index (χ4v) is 4.79. The maximum atomic E-state index is 13.5. The van der Waals surface area contributed by atoms with Gasteiger partial charge in [0.1, 0.15) is 70.9 Å². The van der Waals surface area contributed by atoms with E-state index in [2.05, 4.69) is 0 Å². The average Bonchev–Trinajstić information content (AvgIpc) is 2.95. The van der Waals surface area contributed by atoms with Crippen LogP contribution in [0.5, 0.6) is 23.0 Å². The summed E-state index contributed by atoms with van der Waals surface area (Å²) in [6, 6.07) is 7.33. The van der Waals surface area contributed by atoms with E-state index in [1.807, 2.05) is 0 Å². The fourth-order valence-electron chi connectivity index (χ4n) is 4.79. The molecule has 0 spiro atoms. The van der Waals surface area contributed by atoms with Crippen LogP contribution in [-0.2, 0) is 14.2 Å². The van der Waals surface area contributed by atoms with Gasteiger partial charge >= 0.3 is 0 Å². The zero-order chi connectivity index (χ0) is 30.5. The van der Waals surface area contributed by atoms with Crippen LogP contribution in [0.3, 0.4) is 0 Å². The molecule has 0 bridgehead atoms. The Balaban J connectivity index is 1.46. The number of phenolic OH excluding ortho intramolecular Hbond substituents is 3. The first kappa shape index (κ1) is 30.0. The van der Waals surface area contributed by atoms with Crippen LogP contribution in [0.4, 0.5) is 0 Å². The maximum Gasteiger partial charge on any atom is 0.239 e. The Morgan fingerprint density at radius 1 is 0.762 bits per heavy atom. The van der Waals surface area contributed by atoms with Crippen molar-refractivity contribution in [3.8, 4) is 34.3 Å². The van der Waals surface area contributed by atoms with Crippen molar-refractivity contribution in [1.82, 2.24) is 0 Å². The minimum absolute atomic E-state index is 0.103. The van der Waals surface area contributed by atoms with Gasteiger partial charge in [-0.05, 0) is 31.2 Å². The Kier molecular flexibility index (Phi) is 8.30. The Bertz CT molecular complexity index is 1470. The van der Waals surface area contributed by atoms with Gasteiger partial charge in [-0.3, -0.25) is 4.79 Å². The first-order valence-corrected chi connectivity index (χ1v) is 12.9. The summed E-state index contributed by atoms with van der Waals surface area (Å²) in [6.07, 6.45) is -15.8. The van der Waals surface area contributed by atoms with E-state index < -0.39 is 90.7 Å². The normalized spacial score (nSPS) is 33.5. The molecule has 2 aliphatic heterocycles. The Labute approximate surface area is 236 Å². The Morgan fingerprint density at radius 3 is 2.10 bits per heavy atom. The largest absolute Gasteiger partial charge is 0.508 e. The van der Waals surface area contributed by atoms with Crippen molar-refractivity contribution in [3.63, 3.8) is 0 Å². The third-order valence-electron chi connectivity index (χ3n) is 7.18. The molecule has 0 saturated carbocycles. The molecular weight excluding hydrogens is 564 g/mol. The van der Waals surface area contributed by atoms with Gasteiger partial charge < -0.3 is 69.3 Å². The van der Waals surface area contributed by atoms with Crippen molar-refractivity contribution in [1.29, 1.82) is 0 Å². The lowest BCUT2D eigenvalue weighted by Gasteiger charge is -2.42. The SMILES string of the molecule is C[C@@H]1O[C@@H](OC[C@@H]2O[C@@H](Oc3c(-c4ccc(O)cc4)oc4cc(O)cc(O)c4c3=O)[C@@H](O)[C@H](O)[C@@H]2O)[C@H](O)[C@H](O)[C@H]1O. The third-order valence-corrected chi connectivity index (χ3v) is 7.18. The summed E-state index contributed by atoms with van der Waals surface area (Å²) in [7, 11) is 0. The zero-order valence-corrected chi connectivity index (χ0v) is 21.9. The number of rotatable bonds is 6. The molecule has 3 heterocycles. The molecule has 0 unspecified atom stereocenters. The molecule has 0 aliphatic carbocycles. The van der Waals surface area contributed by atoms with Crippen molar-refractivity contribution in [3.05, 3.63) is 46.6 Å². The topological polar surface area (TPSA) is 249 Å². The van der Waals surface area contributed by atoms with E-state index in [1.165, 1.54) is 31.2 Å². The van der Waals surface area contributed by atoms with E-state index >= 15 is 0 Å². The second-order valence-corrected chi connectivity index (χ2v) is 10.1. The Hall–Kier alpha value is -3.51. The number of fused-ring (bicyclic) bond motifs is 1. The summed E-state index contributed by atoms with van der Waals surface area (Å²) in [4.78, 5) is 13.5. The van der Waals surface area contributed by atoms with Crippen molar-refractivity contribution in [2.24, 2.45) is 0 Å². The molecule has 2 aliphatic rings. The van der Waals surface area contributed by atoms with Gasteiger partial charge in [-0.2, -0.15) is 0 Å². The van der Waals surface area contributed by atoms with E-state index in [0.29, 0.717) is 0 Å². The summed E-state index contributed by atoms with van der Waals surface area (Å²) in [5, 5.41) is 91.4. The monoisotopic (exact) mass is 594 g/mol. The smallest absolute Gasteiger partial charge is 0.239 e. The average molecular weight is 595 g/mol. The Morgan fingerprint density at radius 2 is 1.40 bits per heavy atom. The molecule has 42 heavy (non-hydrogen) atoms. The third kappa shape index (κ3) is 5.49. The lowest BCUT2D eigenvalue weighted by molar-refractivity contribution is -0.318. The number of phenols is 3. The van der Waals surface area contributed by atoms with Crippen molar-refractivity contribution < 1.29 is 69.3 Å². The molecule has 3 aromatic rings. The quantitative estimate of drug-likeness (QED) is 0.159.